The van der Waals surface area contributed by atoms with Gasteiger partial charge in [0.25, 0.3) is 0 Å². The standard InChI is InChI=1S/C19H18FN5O2/c1-12-3-8-16(9-13(12)2)24-19-17(25(26)27)18(22-11-23-19)21-10-14-4-6-15(20)7-5-14/h3-9,11H,10H2,1-2H3,(H2,21,22,23,24). The third-order valence-corrected chi connectivity index (χ3v) is 4.15. The van der Waals surface area contributed by atoms with Gasteiger partial charge >= 0.3 is 5.69 Å². The Morgan fingerprint density at radius 1 is 1.04 bits per heavy atom. The van der Waals surface area contributed by atoms with E-state index in [1.54, 1.807) is 12.1 Å². The first-order valence-electron chi connectivity index (χ1n) is 8.26. The SMILES string of the molecule is Cc1ccc(Nc2ncnc(NCc3ccc(F)cc3)c2[N+](=O)[O-])cc1C. The van der Waals surface area contributed by atoms with Crippen LogP contribution in [-0.2, 0) is 6.54 Å². The highest BCUT2D eigenvalue weighted by Gasteiger charge is 2.23. The summed E-state index contributed by atoms with van der Waals surface area (Å²) >= 11 is 0. The number of anilines is 3. The molecule has 0 fully saturated rings. The molecule has 0 saturated carbocycles. The van der Waals surface area contributed by atoms with Gasteiger partial charge in [-0.15, -0.1) is 0 Å². The molecule has 7 nitrogen and oxygen atoms in total. The van der Waals surface area contributed by atoms with Crippen molar-refractivity contribution in [3.8, 4) is 0 Å². The second-order valence-electron chi connectivity index (χ2n) is 6.08. The summed E-state index contributed by atoms with van der Waals surface area (Å²) < 4.78 is 13.0. The van der Waals surface area contributed by atoms with Crippen LogP contribution in [0.1, 0.15) is 16.7 Å². The summed E-state index contributed by atoms with van der Waals surface area (Å²) in [5, 5.41) is 17.5. The summed E-state index contributed by atoms with van der Waals surface area (Å²) in [5.41, 5.74) is 3.40. The Labute approximate surface area is 155 Å². The Morgan fingerprint density at radius 3 is 2.41 bits per heavy atom. The highest BCUT2D eigenvalue weighted by atomic mass is 19.1. The van der Waals surface area contributed by atoms with Gasteiger partial charge in [0.1, 0.15) is 12.1 Å². The summed E-state index contributed by atoms with van der Waals surface area (Å²) in [7, 11) is 0. The Kier molecular flexibility index (Phi) is 5.25. The summed E-state index contributed by atoms with van der Waals surface area (Å²) in [6.07, 6.45) is 1.25. The van der Waals surface area contributed by atoms with Gasteiger partial charge in [-0.25, -0.2) is 14.4 Å². The van der Waals surface area contributed by atoms with Gasteiger partial charge in [-0.1, -0.05) is 18.2 Å². The zero-order chi connectivity index (χ0) is 19.4. The minimum atomic E-state index is -0.531. The van der Waals surface area contributed by atoms with Gasteiger partial charge in [-0.05, 0) is 54.8 Å². The number of halogens is 1. The number of hydrogen-bond donors (Lipinski definition) is 2. The quantitative estimate of drug-likeness (QED) is 0.492. The normalized spacial score (nSPS) is 10.5. The van der Waals surface area contributed by atoms with E-state index >= 15 is 0 Å². The van der Waals surface area contributed by atoms with E-state index in [4.69, 9.17) is 0 Å². The number of aromatic nitrogens is 2. The first-order chi connectivity index (χ1) is 12.9. The molecule has 0 unspecified atom stereocenters. The molecule has 3 rings (SSSR count). The summed E-state index contributed by atoms with van der Waals surface area (Å²) in [5.74, 6) is -0.155. The maximum atomic E-state index is 13.0. The van der Waals surface area contributed by atoms with Gasteiger partial charge in [0, 0.05) is 12.2 Å². The van der Waals surface area contributed by atoms with Crippen molar-refractivity contribution in [2.75, 3.05) is 10.6 Å². The maximum Gasteiger partial charge on any atom is 0.353 e. The van der Waals surface area contributed by atoms with Crippen LogP contribution in [-0.4, -0.2) is 14.9 Å². The van der Waals surface area contributed by atoms with Crippen LogP contribution in [0, 0.1) is 29.8 Å². The number of nitro groups is 1. The predicted molar refractivity (Wildman–Crippen MR) is 102 cm³/mol. The molecule has 8 heteroatoms. The smallest absolute Gasteiger partial charge is 0.353 e. The summed E-state index contributed by atoms with van der Waals surface area (Å²) in [6.45, 7) is 4.22. The number of nitrogens with one attached hydrogen (secondary N) is 2. The average molecular weight is 367 g/mol. The van der Waals surface area contributed by atoms with E-state index in [-0.39, 0.29) is 29.7 Å². The van der Waals surface area contributed by atoms with Crippen molar-refractivity contribution in [1.82, 2.24) is 9.97 Å². The molecule has 2 N–H and O–H groups in total. The molecule has 1 heterocycles. The molecule has 0 radical (unpaired) electrons. The molecule has 1 aromatic heterocycles. The van der Waals surface area contributed by atoms with Crippen LogP contribution in [0.2, 0.25) is 0 Å². The molecule has 3 aromatic rings. The highest BCUT2D eigenvalue weighted by molar-refractivity contribution is 5.74. The molecule has 0 aliphatic heterocycles. The van der Waals surface area contributed by atoms with Gasteiger partial charge in [-0.3, -0.25) is 10.1 Å². The first kappa shape index (κ1) is 18.2. The molecule has 0 aliphatic rings. The molecule has 0 atom stereocenters. The summed E-state index contributed by atoms with van der Waals surface area (Å²) in [6, 6.07) is 11.5. The third-order valence-electron chi connectivity index (χ3n) is 4.15. The van der Waals surface area contributed by atoms with Crippen LogP contribution >= 0.6 is 0 Å². The Balaban J connectivity index is 1.86. The molecule has 2 aromatic carbocycles. The third kappa shape index (κ3) is 4.35. The fraction of sp³-hybridized carbons (Fsp3) is 0.158. The number of nitrogens with zero attached hydrogens (tertiary/aromatic N) is 3. The van der Waals surface area contributed by atoms with Crippen molar-refractivity contribution >= 4 is 23.0 Å². The lowest BCUT2D eigenvalue weighted by molar-refractivity contribution is -0.383. The van der Waals surface area contributed by atoms with Crippen molar-refractivity contribution in [2.45, 2.75) is 20.4 Å². The second-order valence-corrected chi connectivity index (χ2v) is 6.08. The molecular formula is C19H18FN5O2. The predicted octanol–water partition coefficient (Wildman–Crippen LogP) is 4.50. The Bertz CT molecular complexity index is 976. The van der Waals surface area contributed by atoms with E-state index in [9.17, 15) is 14.5 Å². The van der Waals surface area contributed by atoms with Gasteiger partial charge in [-0.2, -0.15) is 0 Å². The van der Waals surface area contributed by atoms with E-state index in [1.807, 2.05) is 32.0 Å². The van der Waals surface area contributed by atoms with E-state index < -0.39 is 4.92 Å². The molecule has 27 heavy (non-hydrogen) atoms. The number of aryl methyl sites for hydroxylation is 2. The lowest BCUT2D eigenvalue weighted by Crippen LogP contribution is -2.08. The van der Waals surface area contributed by atoms with Crippen LogP contribution in [0.3, 0.4) is 0 Å². The monoisotopic (exact) mass is 367 g/mol. The number of hydrogen-bond acceptors (Lipinski definition) is 6. The van der Waals surface area contributed by atoms with Crippen molar-refractivity contribution in [2.24, 2.45) is 0 Å². The largest absolute Gasteiger partial charge is 0.360 e. The van der Waals surface area contributed by atoms with Crippen molar-refractivity contribution in [3.63, 3.8) is 0 Å². The average Bonchev–Trinajstić information content (AvgIpc) is 2.64. The first-order valence-corrected chi connectivity index (χ1v) is 8.26. The molecule has 0 bridgehead atoms. The van der Waals surface area contributed by atoms with Gasteiger partial charge in [0.05, 0.1) is 4.92 Å². The van der Waals surface area contributed by atoms with Gasteiger partial charge < -0.3 is 10.6 Å². The van der Waals surface area contributed by atoms with E-state index in [1.165, 1.54) is 18.5 Å². The van der Waals surface area contributed by atoms with Crippen molar-refractivity contribution in [3.05, 3.63) is 81.4 Å². The van der Waals surface area contributed by atoms with Crippen LogP contribution in [0.15, 0.2) is 48.8 Å². The van der Waals surface area contributed by atoms with E-state index in [0.29, 0.717) is 5.69 Å². The Morgan fingerprint density at radius 2 is 1.74 bits per heavy atom. The Hall–Kier alpha value is -3.55. The van der Waals surface area contributed by atoms with Crippen LogP contribution in [0.4, 0.5) is 27.4 Å². The van der Waals surface area contributed by atoms with Crippen LogP contribution < -0.4 is 10.6 Å². The topological polar surface area (TPSA) is 93.0 Å². The second kappa shape index (κ2) is 7.77. The fourth-order valence-corrected chi connectivity index (χ4v) is 2.52. The highest BCUT2D eigenvalue weighted by Crippen LogP contribution is 2.31. The molecule has 0 amide bonds. The molecule has 0 aliphatic carbocycles. The number of rotatable bonds is 6. The maximum absolute atomic E-state index is 13.0. The van der Waals surface area contributed by atoms with Crippen molar-refractivity contribution < 1.29 is 9.31 Å². The van der Waals surface area contributed by atoms with Gasteiger partial charge in [0.2, 0.25) is 11.6 Å². The lowest BCUT2D eigenvalue weighted by Gasteiger charge is -2.11. The van der Waals surface area contributed by atoms with Gasteiger partial charge in [0.15, 0.2) is 0 Å². The van der Waals surface area contributed by atoms with Crippen LogP contribution in [0.25, 0.3) is 0 Å². The molecule has 0 saturated heterocycles. The zero-order valence-corrected chi connectivity index (χ0v) is 14.9. The van der Waals surface area contributed by atoms with Crippen molar-refractivity contribution in [1.29, 1.82) is 0 Å². The minimum Gasteiger partial charge on any atom is -0.360 e. The lowest BCUT2D eigenvalue weighted by atomic mass is 10.1. The van der Waals surface area contributed by atoms with E-state index in [2.05, 4.69) is 20.6 Å². The number of benzene rings is 2. The molecule has 0 spiro atoms. The summed E-state index contributed by atoms with van der Waals surface area (Å²) in [4.78, 5) is 19.1. The molecular weight excluding hydrogens is 349 g/mol. The molecule has 138 valence electrons. The minimum absolute atomic E-state index is 0.0886. The zero-order valence-electron chi connectivity index (χ0n) is 14.9. The van der Waals surface area contributed by atoms with Crippen LogP contribution in [0.5, 0.6) is 0 Å². The fourth-order valence-electron chi connectivity index (χ4n) is 2.52. The van der Waals surface area contributed by atoms with E-state index in [0.717, 1.165) is 16.7 Å².